The molecule has 0 aliphatic rings. The summed E-state index contributed by atoms with van der Waals surface area (Å²) in [6.07, 6.45) is 1.89. The summed E-state index contributed by atoms with van der Waals surface area (Å²) in [6.45, 7) is 3.40. The van der Waals surface area contributed by atoms with Crippen LogP contribution in [0.15, 0.2) is 36.5 Å². The Morgan fingerprint density at radius 1 is 1.45 bits per heavy atom. The van der Waals surface area contributed by atoms with E-state index in [9.17, 15) is 4.79 Å². The predicted octanol–water partition coefficient (Wildman–Crippen LogP) is 2.15. The van der Waals surface area contributed by atoms with Crippen molar-refractivity contribution in [2.24, 2.45) is 5.41 Å². The van der Waals surface area contributed by atoms with Crippen molar-refractivity contribution in [3.8, 4) is 11.8 Å². The molecule has 1 aromatic heterocycles. The average Bonchev–Trinajstić information content (AvgIpc) is 2.95. The lowest BCUT2D eigenvalue weighted by molar-refractivity contribution is -0.122. The van der Waals surface area contributed by atoms with E-state index in [1.807, 2.05) is 36.4 Å². The first-order valence-electron chi connectivity index (χ1n) is 6.29. The lowest BCUT2D eigenvalue weighted by Gasteiger charge is -2.16. The van der Waals surface area contributed by atoms with Crippen LogP contribution < -0.4 is 5.32 Å². The Labute approximate surface area is 117 Å². The summed E-state index contributed by atoms with van der Waals surface area (Å²) in [5.74, 6) is -0.0450. The zero-order valence-corrected chi connectivity index (χ0v) is 11.4. The predicted molar refractivity (Wildman–Crippen MR) is 74.0 cm³/mol. The summed E-state index contributed by atoms with van der Waals surface area (Å²) in [4.78, 5) is 13.5. The van der Waals surface area contributed by atoms with E-state index in [4.69, 9.17) is 5.26 Å². The van der Waals surface area contributed by atoms with Gasteiger partial charge in [-0.3, -0.25) is 4.79 Å². The Kier molecular flexibility index (Phi) is 3.80. The van der Waals surface area contributed by atoms with Crippen molar-refractivity contribution >= 4 is 11.7 Å². The van der Waals surface area contributed by atoms with Gasteiger partial charge < -0.3 is 5.32 Å². The summed E-state index contributed by atoms with van der Waals surface area (Å²) < 4.78 is 0. The molecule has 0 fully saturated rings. The summed E-state index contributed by atoms with van der Waals surface area (Å²) in [5, 5.41) is 19.9. The maximum Gasteiger partial charge on any atom is 0.245 e. The monoisotopic (exact) mass is 269 g/mol. The van der Waals surface area contributed by atoms with Crippen LogP contribution in [0, 0.1) is 16.7 Å². The second-order valence-electron chi connectivity index (χ2n) is 4.61. The van der Waals surface area contributed by atoms with E-state index in [0.717, 1.165) is 5.69 Å². The van der Waals surface area contributed by atoms with E-state index < -0.39 is 5.41 Å². The Morgan fingerprint density at radius 3 is 2.75 bits per heavy atom. The lowest BCUT2D eigenvalue weighted by Crippen LogP contribution is -2.31. The molecule has 1 atom stereocenters. The molecule has 1 N–H and O–H groups in total. The SMILES string of the molecule is CCC(C)(C#N)C(=O)Nc1cnn(-c2ccccc2)n1. The summed E-state index contributed by atoms with van der Waals surface area (Å²) >= 11 is 0. The number of hydrogen-bond donors (Lipinski definition) is 1. The second-order valence-corrected chi connectivity index (χ2v) is 4.61. The fraction of sp³-hybridized carbons (Fsp3) is 0.286. The van der Waals surface area contributed by atoms with E-state index in [1.54, 1.807) is 13.8 Å². The minimum atomic E-state index is -1.06. The van der Waals surface area contributed by atoms with Gasteiger partial charge in [0.05, 0.1) is 18.0 Å². The van der Waals surface area contributed by atoms with Gasteiger partial charge in [0.1, 0.15) is 5.41 Å². The zero-order valence-electron chi connectivity index (χ0n) is 11.4. The van der Waals surface area contributed by atoms with Gasteiger partial charge in [-0.25, -0.2) is 0 Å². The molecule has 1 unspecified atom stereocenters. The minimum absolute atomic E-state index is 0.328. The number of para-hydroxylation sites is 1. The quantitative estimate of drug-likeness (QED) is 0.921. The Bertz CT molecular complexity index is 643. The molecule has 1 amide bonds. The molecule has 0 aliphatic heterocycles. The third-order valence-corrected chi connectivity index (χ3v) is 3.18. The maximum atomic E-state index is 12.0. The van der Waals surface area contributed by atoms with Crippen molar-refractivity contribution in [1.82, 2.24) is 15.0 Å². The van der Waals surface area contributed by atoms with E-state index in [1.165, 1.54) is 11.0 Å². The van der Waals surface area contributed by atoms with Crippen molar-refractivity contribution in [2.45, 2.75) is 20.3 Å². The molecule has 0 bridgehead atoms. The number of nitrogens with zero attached hydrogens (tertiary/aromatic N) is 4. The van der Waals surface area contributed by atoms with Gasteiger partial charge in [-0.15, -0.1) is 9.90 Å². The van der Waals surface area contributed by atoms with E-state index >= 15 is 0 Å². The third kappa shape index (κ3) is 2.67. The first kappa shape index (κ1) is 13.7. The van der Waals surface area contributed by atoms with Crippen LogP contribution in [0.1, 0.15) is 20.3 Å². The molecule has 0 saturated heterocycles. The first-order chi connectivity index (χ1) is 9.59. The molecule has 0 radical (unpaired) electrons. The standard InChI is InChI=1S/C14H15N5O/c1-3-14(2,10-15)13(20)17-12-9-16-19(18-12)11-7-5-4-6-8-11/h4-9H,3H2,1-2H3,(H,17,18,20). The molecule has 1 aromatic carbocycles. The number of carbonyl (C=O) groups is 1. The minimum Gasteiger partial charge on any atom is -0.306 e. The molecule has 20 heavy (non-hydrogen) atoms. The summed E-state index contributed by atoms with van der Waals surface area (Å²) in [5.41, 5.74) is -0.261. The number of carbonyl (C=O) groups excluding carboxylic acids is 1. The topological polar surface area (TPSA) is 83.6 Å². The van der Waals surface area contributed by atoms with Gasteiger partial charge in [0.2, 0.25) is 5.91 Å². The molecule has 2 aromatic rings. The highest BCUT2D eigenvalue weighted by atomic mass is 16.2. The van der Waals surface area contributed by atoms with Crippen LogP contribution in [-0.2, 0) is 4.79 Å². The smallest absolute Gasteiger partial charge is 0.245 e. The largest absolute Gasteiger partial charge is 0.306 e. The van der Waals surface area contributed by atoms with Crippen molar-refractivity contribution in [1.29, 1.82) is 5.26 Å². The average molecular weight is 269 g/mol. The number of anilines is 1. The van der Waals surface area contributed by atoms with Crippen LogP contribution in [0.25, 0.3) is 5.69 Å². The van der Waals surface area contributed by atoms with Crippen molar-refractivity contribution < 1.29 is 4.79 Å². The summed E-state index contributed by atoms with van der Waals surface area (Å²) in [6, 6.07) is 11.4. The Morgan fingerprint density at radius 2 is 2.15 bits per heavy atom. The first-order valence-corrected chi connectivity index (χ1v) is 6.29. The number of aromatic nitrogens is 3. The van der Waals surface area contributed by atoms with Crippen LogP contribution >= 0.6 is 0 Å². The van der Waals surface area contributed by atoms with Gasteiger partial charge in [0.25, 0.3) is 0 Å². The molecule has 6 nitrogen and oxygen atoms in total. The molecule has 0 saturated carbocycles. The number of benzene rings is 1. The molecular weight excluding hydrogens is 254 g/mol. The van der Waals surface area contributed by atoms with Gasteiger partial charge in [-0.1, -0.05) is 25.1 Å². The fourth-order valence-electron chi connectivity index (χ4n) is 1.55. The molecule has 1 heterocycles. The van der Waals surface area contributed by atoms with Crippen molar-refractivity contribution in [3.05, 3.63) is 36.5 Å². The highest BCUT2D eigenvalue weighted by Gasteiger charge is 2.31. The van der Waals surface area contributed by atoms with E-state index in [2.05, 4.69) is 15.5 Å². The number of hydrogen-bond acceptors (Lipinski definition) is 4. The van der Waals surface area contributed by atoms with Gasteiger partial charge in [0.15, 0.2) is 5.82 Å². The van der Waals surface area contributed by atoms with E-state index in [0.29, 0.717) is 12.2 Å². The highest BCUT2D eigenvalue weighted by Crippen LogP contribution is 2.21. The molecule has 2 rings (SSSR count). The van der Waals surface area contributed by atoms with Crippen molar-refractivity contribution in [2.75, 3.05) is 5.32 Å². The lowest BCUT2D eigenvalue weighted by atomic mass is 9.88. The van der Waals surface area contributed by atoms with Crippen LogP contribution in [0.2, 0.25) is 0 Å². The molecule has 0 spiro atoms. The van der Waals surface area contributed by atoms with Gasteiger partial charge >= 0.3 is 0 Å². The van der Waals surface area contributed by atoms with Crippen LogP contribution in [0.3, 0.4) is 0 Å². The van der Waals surface area contributed by atoms with Gasteiger partial charge in [-0.2, -0.15) is 10.4 Å². The van der Waals surface area contributed by atoms with E-state index in [-0.39, 0.29) is 5.91 Å². The molecular formula is C14H15N5O. The molecule has 102 valence electrons. The van der Waals surface area contributed by atoms with Crippen LogP contribution in [0.5, 0.6) is 0 Å². The van der Waals surface area contributed by atoms with Gasteiger partial charge in [0, 0.05) is 0 Å². The Hall–Kier alpha value is -2.68. The molecule has 0 aliphatic carbocycles. The van der Waals surface area contributed by atoms with Crippen LogP contribution in [0.4, 0.5) is 5.82 Å². The molecule has 6 heteroatoms. The third-order valence-electron chi connectivity index (χ3n) is 3.18. The normalized spacial score (nSPS) is 13.2. The number of nitrogens with one attached hydrogen (secondary N) is 1. The maximum absolute atomic E-state index is 12.0. The van der Waals surface area contributed by atoms with Crippen LogP contribution in [-0.4, -0.2) is 20.9 Å². The summed E-state index contributed by atoms with van der Waals surface area (Å²) in [7, 11) is 0. The zero-order chi connectivity index (χ0) is 14.6. The van der Waals surface area contributed by atoms with Gasteiger partial charge in [-0.05, 0) is 25.5 Å². The highest BCUT2D eigenvalue weighted by molar-refractivity contribution is 5.96. The fourth-order valence-corrected chi connectivity index (χ4v) is 1.55. The number of rotatable bonds is 4. The number of amides is 1. The second kappa shape index (κ2) is 5.53. The van der Waals surface area contributed by atoms with Crippen molar-refractivity contribution in [3.63, 3.8) is 0 Å². The Balaban J connectivity index is 2.15. The number of nitriles is 1.